The van der Waals surface area contributed by atoms with Crippen molar-refractivity contribution in [2.75, 3.05) is 11.1 Å². The average molecular weight is 245 g/mol. The third kappa shape index (κ3) is 2.51. The number of aryl methyl sites for hydroxylation is 1. The molecule has 3 N–H and O–H groups in total. The van der Waals surface area contributed by atoms with Gasteiger partial charge in [-0.1, -0.05) is 17.7 Å². The molecule has 0 saturated carbocycles. The number of nitro groups is 1. The van der Waals surface area contributed by atoms with Crippen LogP contribution in [-0.2, 0) is 0 Å². The summed E-state index contributed by atoms with van der Waals surface area (Å²) in [5.74, 6) is 0.0616. The van der Waals surface area contributed by atoms with Gasteiger partial charge in [-0.15, -0.1) is 0 Å². The highest BCUT2D eigenvalue weighted by molar-refractivity contribution is 5.65. The molecule has 2 rings (SSSR count). The van der Waals surface area contributed by atoms with Gasteiger partial charge in [0.25, 0.3) is 0 Å². The summed E-state index contributed by atoms with van der Waals surface area (Å²) in [7, 11) is 0. The van der Waals surface area contributed by atoms with Crippen LogP contribution in [0.3, 0.4) is 0 Å². The normalized spacial score (nSPS) is 10.1. The minimum atomic E-state index is -0.560. The van der Waals surface area contributed by atoms with Crippen LogP contribution in [0.2, 0.25) is 0 Å². The first-order valence-corrected chi connectivity index (χ1v) is 5.17. The fourth-order valence-electron chi connectivity index (χ4n) is 1.39. The minimum absolute atomic E-state index is 0.0183. The van der Waals surface area contributed by atoms with Crippen molar-refractivity contribution in [2.24, 2.45) is 0 Å². The second kappa shape index (κ2) is 4.66. The number of nitrogens with zero attached hydrogens (tertiary/aromatic N) is 3. The molecule has 0 unspecified atom stereocenters. The molecule has 1 aromatic heterocycles. The first-order valence-electron chi connectivity index (χ1n) is 5.17. The number of rotatable bonds is 3. The Balaban J connectivity index is 2.35. The van der Waals surface area contributed by atoms with Gasteiger partial charge >= 0.3 is 5.69 Å². The van der Waals surface area contributed by atoms with E-state index in [9.17, 15) is 10.1 Å². The van der Waals surface area contributed by atoms with E-state index >= 15 is 0 Å². The third-order valence-corrected chi connectivity index (χ3v) is 2.30. The van der Waals surface area contributed by atoms with E-state index in [1.807, 2.05) is 19.1 Å². The van der Waals surface area contributed by atoms with Gasteiger partial charge in [0.1, 0.15) is 6.20 Å². The molecule has 92 valence electrons. The summed E-state index contributed by atoms with van der Waals surface area (Å²) in [6.07, 6.45) is 1.08. The zero-order valence-corrected chi connectivity index (χ0v) is 9.62. The quantitative estimate of drug-likeness (QED) is 0.632. The van der Waals surface area contributed by atoms with Crippen molar-refractivity contribution in [3.05, 3.63) is 46.1 Å². The molecule has 0 bridgehead atoms. The van der Waals surface area contributed by atoms with Gasteiger partial charge in [0.15, 0.2) is 0 Å². The number of nitrogens with two attached hydrogens (primary N) is 1. The molecule has 0 amide bonds. The highest BCUT2D eigenvalue weighted by Gasteiger charge is 2.16. The molecular formula is C11H11N5O2. The number of hydrogen-bond donors (Lipinski definition) is 2. The standard InChI is InChI=1S/C11H11N5O2/c1-7-2-4-8(5-3-7)14-10-9(16(17)18)6-13-11(12)15-10/h2-6H,1H3,(H3,12,13,14,15). The molecule has 2 aromatic rings. The van der Waals surface area contributed by atoms with Crippen molar-refractivity contribution in [1.82, 2.24) is 9.97 Å². The lowest BCUT2D eigenvalue weighted by Gasteiger charge is -2.06. The van der Waals surface area contributed by atoms with Crippen LogP contribution in [0.15, 0.2) is 30.5 Å². The van der Waals surface area contributed by atoms with E-state index in [0.29, 0.717) is 5.69 Å². The lowest BCUT2D eigenvalue weighted by atomic mass is 10.2. The summed E-state index contributed by atoms with van der Waals surface area (Å²) >= 11 is 0. The van der Waals surface area contributed by atoms with Crippen molar-refractivity contribution in [2.45, 2.75) is 6.92 Å². The molecule has 1 aromatic carbocycles. The van der Waals surface area contributed by atoms with Gasteiger partial charge in [-0.3, -0.25) is 10.1 Å². The molecule has 0 aliphatic heterocycles. The largest absolute Gasteiger partial charge is 0.368 e. The monoisotopic (exact) mass is 245 g/mol. The fraction of sp³-hybridized carbons (Fsp3) is 0.0909. The van der Waals surface area contributed by atoms with Crippen LogP contribution in [-0.4, -0.2) is 14.9 Å². The van der Waals surface area contributed by atoms with E-state index in [1.165, 1.54) is 0 Å². The van der Waals surface area contributed by atoms with E-state index in [0.717, 1.165) is 11.8 Å². The highest BCUT2D eigenvalue weighted by Crippen LogP contribution is 2.25. The molecule has 0 atom stereocenters. The summed E-state index contributed by atoms with van der Waals surface area (Å²) in [5, 5.41) is 13.7. The molecule has 7 heteroatoms. The molecule has 0 saturated heterocycles. The maximum atomic E-state index is 10.8. The van der Waals surface area contributed by atoms with Crippen LogP contribution in [0, 0.1) is 17.0 Å². The van der Waals surface area contributed by atoms with Crippen LogP contribution in [0.1, 0.15) is 5.56 Å². The number of benzene rings is 1. The molecule has 0 aliphatic rings. The lowest BCUT2D eigenvalue weighted by Crippen LogP contribution is -2.04. The van der Waals surface area contributed by atoms with E-state index in [1.54, 1.807) is 12.1 Å². The van der Waals surface area contributed by atoms with E-state index < -0.39 is 4.92 Å². The van der Waals surface area contributed by atoms with Gasteiger partial charge in [-0.05, 0) is 19.1 Å². The number of nitrogens with one attached hydrogen (secondary N) is 1. The van der Waals surface area contributed by atoms with Crippen molar-refractivity contribution in [3.8, 4) is 0 Å². The molecule has 0 spiro atoms. The van der Waals surface area contributed by atoms with Crippen molar-refractivity contribution < 1.29 is 4.92 Å². The summed E-state index contributed by atoms with van der Waals surface area (Å²) < 4.78 is 0. The van der Waals surface area contributed by atoms with Gasteiger partial charge in [-0.25, -0.2) is 4.98 Å². The maximum absolute atomic E-state index is 10.8. The summed E-state index contributed by atoms with van der Waals surface area (Å²) in [4.78, 5) is 17.7. The lowest BCUT2D eigenvalue weighted by molar-refractivity contribution is -0.384. The Bertz CT molecular complexity index is 582. The van der Waals surface area contributed by atoms with E-state index in [2.05, 4.69) is 15.3 Å². The zero-order chi connectivity index (χ0) is 13.1. The van der Waals surface area contributed by atoms with Crippen LogP contribution >= 0.6 is 0 Å². The topological polar surface area (TPSA) is 107 Å². The predicted molar refractivity (Wildman–Crippen MR) is 67.6 cm³/mol. The van der Waals surface area contributed by atoms with Crippen molar-refractivity contribution >= 4 is 23.1 Å². The van der Waals surface area contributed by atoms with Gasteiger partial charge in [0.05, 0.1) is 4.92 Å². The second-order valence-electron chi connectivity index (χ2n) is 3.71. The van der Waals surface area contributed by atoms with Crippen LogP contribution in [0.25, 0.3) is 0 Å². The molecule has 1 heterocycles. The van der Waals surface area contributed by atoms with Gasteiger partial charge in [-0.2, -0.15) is 4.98 Å². The number of hydrogen-bond acceptors (Lipinski definition) is 6. The minimum Gasteiger partial charge on any atom is -0.368 e. The SMILES string of the molecule is Cc1ccc(Nc2nc(N)ncc2[N+](=O)[O-])cc1. The summed E-state index contributed by atoms with van der Waals surface area (Å²) in [6.45, 7) is 1.95. The highest BCUT2D eigenvalue weighted by atomic mass is 16.6. The van der Waals surface area contributed by atoms with Crippen LogP contribution in [0.4, 0.5) is 23.1 Å². The van der Waals surface area contributed by atoms with Gasteiger partial charge in [0.2, 0.25) is 11.8 Å². The Morgan fingerprint density at radius 1 is 1.33 bits per heavy atom. The predicted octanol–water partition coefficient (Wildman–Crippen LogP) is 2.02. The van der Waals surface area contributed by atoms with Crippen LogP contribution < -0.4 is 11.1 Å². The summed E-state index contributed by atoms with van der Waals surface area (Å²) in [6, 6.07) is 7.38. The van der Waals surface area contributed by atoms with Crippen molar-refractivity contribution in [1.29, 1.82) is 0 Å². The Morgan fingerprint density at radius 2 is 2.00 bits per heavy atom. The van der Waals surface area contributed by atoms with Gasteiger partial charge < -0.3 is 11.1 Å². The first-order chi connectivity index (χ1) is 8.56. The zero-order valence-electron chi connectivity index (χ0n) is 9.62. The fourth-order valence-corrected chi connectivity index (χ4v) is 1.39. The van der Waals surface area contributed by atoms with Crippen LogP contribution in [0.5, 0.6) is 0 Å². The number of anilines is 3. The average Bonchev–Trinajstić information content (AvgIpc) is 2.32. The molecule has 0 aliphatic carbocycles. The number of aromatic nitrogens is 2. The summed E-state index contributed by atoms with van der Waals surface area (Å²) in [5.41, 5.74) is 6.99. The molecule has 0 fully saturated rings. The first kappa shape index (κ1) is 11.8. The Hall–Kier alpha value is -2.70. The molecule has 18 heavy (non-hydrogen) atoms. The third-order valence-electron chi connectivity index (χ3n) is 2.30. The Kier molecular flexibility index (Phi) is 3.05. The van der Waals surface area contributed by atoms with Gasteiger partial charge in [0, 0.05) is 5.69 Å². The second-order valence-corrected chi connectivity index (χ2v) is 3.71. The Labute approximate surface area is 103 Å². The molecular weight excluding hydrogens is 234 g/mol. The molecule has 0 radical (unpaired) electrons. The Morgan fingerprint density at radius 3 is 2.61 bits per heavy atom. The smallest absolute Gasteiger partial charge is 0.329 e. The molecule has 7 nitrogen and oxygen atoms in total. The maximum Gasteiger partial charge on any atom is 0.329 e. The van der Waals surface area contributed by atoms with Crippen molar-refractivity contribution in [3.63, 3.8) is 0 Å². The van der Waals surface area contributed by atoms with E-state index in [-0.39, 0.29) is 17.5 Å². The van der Waals surface area contributed by atoms with E-state index in [4.69, 9.17) is 5.73 Å². The number of nitrogen functional groups attached to an aromatic ring is 1.